The van der Waals surface area contributed by atoms with E-state index in [1.54, 1.807) is 0 Å². The highest BCUT2D eigenvalue weighted by Crippen LogP contribution is 2.12. The summed E-state index contributed by atoms with van der Waals surface area (Å²) in [6, 6.07) is 0.532. The summed E-state index contributed by atoms with van der Waals surface area (Å²) < 4.78 is 5.41. The average molecular weight is 248 g/mol. The highest BCUT2D eigenvalue weighted by Gasteiger charge is 2.09. The molecule has 1 aromatic heterocycles. The summed E-state index contributed by atoms with van der Waals surface area (Å²) in [5, 5.41) is 16.5. The van der Waals surface area contributed by atoms with Gasteiger partial charge in [-0.25, -0.2) is 0 Å². The number of unbranched alkanes of at least 4 members (excludes halogenated alkanes) is 2. The van der Waals surface area contributed by atoms with Gasteiger partial charge < -0.3 is 14.4 Å². The van der Waals surface area contributed by atoms with Crippen molar-refractivity contribution in [2.45, 2.75) is 25.7 Å². The Morgan fingerprint density at radius 3 is 2.81 bits per heavy atom. The molecular formula is C10H18ClN3O2. The minimum atomic E-state index is 0.254. The molecule has 0 aliphatic rings. The first-order valence-corrected chi connectivity index (χ1v) is 6.01. The lowest BCUT2D eigenvalue weighted by Crippen LogP contribution is -2.18. The van der Waals surface area contributed by atoms with Gasteiger partial charge in [0.1, 0.15) is 0 Å². The number of hydrogen-bond donors (Lipinski definition) is 1. The number of halogens is 1. The van der Waals surface area contributed by atoms with Gasteiger partial charge in [0.2, 0.25) is 5.89 Å². The molecule has 1 rings (SSSR count). The van der Waals surface area contributed by atoms with E-state index >= 15 is 0 Å². The third kappa shape index (κ3) is 4.37. The summed E-state index contributed by atoms with van der Waals surface area (Å²) in [5.41, 5.74) is 0. The SMILES string of the molecule is CN(CCCCCO)c1nnc(CCCl)o1. The van der Waals surface area contributed by atoms with Gasteiger partial charge in [0, 0.05) is 32.5 Å². The van der Waals surface area contributed by atoms with Gasteiger partial charge in [0.15, 0.2) is 0 Å². The van der Waals surface area contributed by atoms with Crippen molar-refractivity contribution >= 4 is 17.6 Å². The topological polar surface area (TPSA) is 62.4 Å². The molecule has 0 unspecified atom stereocenters. The van der Waals surface area contributed by atoms with E-state index in [0.29, 0.717) is 24.2 Å². The molecule has 0 amide bonds. The van der Waals surface area contributed by atoms with Crippen LogP contribution in [0.1, 0.15) is 25.2 Å². The van der Waals surface area contributed by atoms with Gasteiger partial charge >= 0.3 is 6.01 Å². The molecule has 6 heteroatoms. The molecule has 16 heavy (non-hydrogen) atoms. The summed E-state index contributed by atoms with van der Waals surface area (Å²) in [7, 11) is 1.91. The minimum Gasteiger partial charge on any atom is -0.408 e. The Hall–Kier alpha value is -0.810. The molecule has 0 aliphatic heterocycles. The van der Waals surface area contributed by atoms with Crippen LogP contribution in [-0.4, -0.2) is 41.4 Å². The molecule has 92 valence electrons. The van der Waals surface area contributed by atoms with E-state index in [2.05, 4.69) is 10.2 Å². The second kappa shape index (κ2) is 7.46. The van der Waals surface area contributed by atoms with Crippen molar-refractivity contribution in [3.05, 3.63) is 5.89 Å². The van der Waals surface area contributed by atoms with Gasteiger partial charge in [-0.1, -0.05) is 5.10 Å². The fourth-order valence-electron chi connectivity index (χ4n) is 1.31. The lowest BCUT2D eigenvalue weighted by molar-refractivity contribution is 0.283. The van der Waals surface area contributed by atoms with Gasteiger partial charge in [-0.3, -0.25) is 0 Å². The predicted octanol–water partition coefficient (Wildman–Crippen LogP) is 1.45. The van der Waals surface area contributed by atoms with Gasteiger partial charge in [-0.15, -0.1) is 16.7 Å². The second-order valence-electron chi connectivity index (χ2n) is 3.62. The third-order valence-corrected chi connectivity index (χ3v) is 2.43. The van der Waals surface area contributed by atoms with Crippen LogP contribution in [0.2, 0.25) is 0 Å². The fraction of sp³-hybridized carbons (Fsp3) is 0.800. The number of aliphatic hydroxyl groups excluding tert-OH is 1. The lowest BCUT2D eigenvalue weighted by Gasteiger charge is -2.12. The number of aliphatic hydroxyl groups is 1. The molecule has 0 aromatic carbocycles. The first kappa shape index (κ1) is 13.3. The molecule has 0 fully saturated rings. The van der Waals surface area contributed by atoms with Gasteiger partial charge in [-0.05, 0) is 19.3 Å². The fourth-order valence-corrected chi connectivity index (χ4v) is 1.48. The molecule has 0 bridgehead atoms. The Morgan fingerprint density at radius 1 is 1.31 bits per heavy atom. The van der Waals surface area contributed by atoms with Gasteiger partial charge in [-0.2, -0.15) is 0 Å². The third-order valence-electron chi connectivity index (χ3n) is 2.24. The maximum atomic E-state index is 8.64. The number of hydrogen-bond acceptors (Lipinski definition) is 5. The summed E-state index contributed by atoms with van der Waals surface area (Å²) in [4.78, 5) is 1.92. The Bertz CT molecular complexity index is 293. The van der Waals surface area contributed by atoms with Crippen LogP contribution in [0.3, 0.4) is 0 Å². The van der Waals surface area contributed by atoms with Crippen molar-refractivity contribution in [2.75, 3.05) is 31.0 Å². The highest BCUT2D eigenvalue weighted by molar-refractivity contribution is 6.17. The molecule has 0 aliphatic carbocycles. The van der Waals surface area contributed by atoms with Gasteiger partial charge in [0.05, 0.1) is 0 Å². The number of alkyl halides is 1. The Balaban J connectivity index is 2.31. The Morgan fingerprint density at radius 2 is 2.12 bits per heavy atom. The van der Waals surface area contributed by atoms with Crippen molar-refractivity contribution < 1.29 is 9.52 Å². The van der Waals surface area contributed by atoms with E-state index in [1.165, 1.54) is 0 Å². The molecule has 1 heterocycles. The molecule has 0 radical (unpaired) electrons. The summed E-state index contributed by atoms with van der Waals surface area (Å²) in [6.45, 7) is 1.10. The van der Waals surface area contributed by atoms with E-state index < -0.39 is 0 Å². The highest BCUT2D eigenvalue weighted by atomic mass is 35.5. The maximum absolute atomic E-state index is 8.64. The van der Waals surface area contributed by atoms with Crippen LogP contribution in [-0.2, 0) is 6.42 Å². The molecule has 0 saturated carbocycles. The molecular weight excluding hydrogens is 230 g/mol. The zero-order valence-electron chi connectivity index (χ0n) is 9.52. The van der Waals surface area contributed by atoms with Crippen LogP contribution >= 0.6 is 11.6 Å². The number of rotatable bonds is 8. The zero-order valence-corrected chi connectivity index (χ0v) is 10.3. The average Bonchev–Trinajstić information content (AvgIpc) is 2.73. The van der Waals surface area contributed by atoms with Crippen molar-refractivity contribution in [1.82, 2.24) is 10.2 Å². The molecule has 5 nitrogen and oxygen atoms in total. The zero-order chi connectivity index (χ0) is 11.8. The number of nitrogens with zero attached hydrogens (tertiary/aromatic N) is 3. The second-order valence-corrected chi connectivity index (χ2v) is 4.00. The first-order valence-electron chi connectivity index (χ1n) is 5.48. The van der Waals surface area contributed by atoms with Crippen LogP contribution in [0.4, 0.5) is 6.01 Å². The molecule has 1 N–H and O–H groups in total. The maximum Gasteiger partial charge on any atom is 0.317 e. The molecule has 0 atom stereocenters. The summed E-state index contributed by atoms with van der Waals surface area (Å²) in [6.07, 6.45) is 3.45. The van der Waals surface area contributed by atoms with Crippen LogP contribution in [0.5, 0.6) is 0 Å². The Labute approximate surface area is 100 Å². The predicted molar refractivity (Wildman–Crippen MR) is 62.9 cm³/mol. The van der Waals surface area contributed by atoms with E-state index in [9.17, 15) is 0 Å². The quantitative estimate of drug-likeness (QED) is 0.557. The van der Waals surface area contributed by atoms with Crippen LogP contribution in [0.25, 0.3) is 0 Å². The van der Waals surface area contributed by atoms with E-state index in [4.69, 9.17) is 21.1 Å². The van der Waals surface area contributed by atoms with E-state index in [-0.39, 0.29) is 6.61 Å². The van der Waals surface area contributed by atoms with Crippen LogP contribution in [0, 0.1) is 0 Å². The number of aryl methyl sites for hydroxylation is 1. The van der Waals surface area contributed by atoms with Crippen molar-refractivity contribution in [3.63, 3.8) is 0 Å². The van der Waals surface area contributed by atoms with Crippen LogP contribution in [0.15, 0.2) is 4.42 Å². The molecule has 0 saturated heterocycles. The lowest BCUT2D eigenvalue weighted by atomic mass is 10.2. The van der Waals surface area contributed by atoms with E-state index in [1.807, 2.05) is 11.9 Å². The number of anilines is 1. The molecule has 0 spiro atoms. The first-order chi connectivity index (χ1) is 7.77. The summed E-state index contributed by atoms with van der Waals surface area (Å²) >= 11 is 5.58. The van der Waals surface area contributed by atoms with Crippen molar-refractivity contribution in [3.8, 4) is 0 Å². The molecule has 1 aromatic rings. The number of aromatic nitrogens is 2. The monoisotopic (exact) mass is 247 g/mol. The normalized spacial score (nSPS) is 10.7. The largest absolute Gasteiger partial charge is 0.408 e. The van der Waals surface area contributed by atoms with Gasteiger partial charge in [0.25, 0.3) is 0 Å². The summed E-state index contributed by atoms with van der Waals surface area (Å²) in [5.74, 6) is 1.06. The van der Waals surface area contributed by atoms with E-state index in [0.717, 1.165) is 25.8 Å². The van der Waals surface area contributed by atoms with Crippen LogP contribution < -0.4 is 4.90 Å². The standard InChI is InChI=1S/C10H18ClN3O2/c1-14(7-3-2-4-8-15)10-13-12-9(16-10)5-6-11/h15H,2-8H2,1H3. The Kier molecular flexibility index (Phi) is 6.18. The van der Waals surface area contributed by atoms with Crippen molar-refractivity contribution in [1.29, 1.82) is 0 Å². The van der Waals surface area contributed by atoms with Crippen molar-refractivity contribution in [2.24, 2.45) is 0 Å². The minimum absolute atomic E-state index is 0.254. The smallest absolute Gasteiger partial charge is 0.317 e.